The van der Waals surface area contributed by atoms with Crippen LogP contribution in [-0.4, -0.2) is 16.2 Å². The fourth-order valence-electron chi connectivity index (χ4n) is 2.35. The van der Waals surface area contributed by atoms with Crippen molar-refractivity contribution >= 4 is 5.91 Å². The van der Waals surface area contributed by atoms with E-state index in [1.54, 1.807) is 6.92 Å². The second kappa shape index (κ2) is 7.81. The lowest BCUT2D eigenvalue weighted by Crippen LogP contribution is -2.27. The molecule has 0 radical (unpaired) electrons. The predicted molar refractivity (Wildman–Crippen MR) is 95.7 cm³/mol. The second-order valence-electron chi connectivity index (χ2n) is 6.19. The number of hydrogen-bond donors (Lipinski definition) is 1. The zero-order valence-corrected chi connectivity index (χ0v) is 14.6. The van der Waals surface area contributed by atoms with Gasteiger partial charge in [-0.15, -0.1) is 0 Å². The van der Waals surface area contributed by atoms with Crippen LogP contribution in [0.1, 0.15) is 61.9 Å². The first-order chi connectivity index (χ1) is 11.4. The smallest absolute Gasteiger partial charge is 0.243 e. The topological polar surface area (TPSA) is 40.5 Å². The molecule has 2 aromatic carbocycles. The molecule has 0 bridgehead atoms. The number of carbonyl (C=O) groups is 1. The summed E-state index contributed by atoms with van der Waals surface area (Å²) in [7, 11) is 0. The first kappa shape index (κ1) is 17.8. The van der Waals surface area contributed by atoms with E-state index in [0.717, 1.165) is 21.8 Å². The van der Waals surface area contributed by atoms with Crippen LogP contribution >= 0.6 is 0 Å². The fourth-order valence-corrected chi connectivity index (χ4v) is 2.35. The minimum atomic E-state index is -0.381. The number of nitrogens with zero attached hydrogens (tertiary/aromatic N) is 1. The quantitative estimate of drug-likeness (QED) is 0.513. The summed E-state index contributed by atoms with van der Waals surface area (Å²) in [5.41, 5.74) is 4.04. The van der Waals surface area contributed by atoms with Gasteiger partial charge in [0.1, 0.15) is 0 Å². The van der Waals surface area contributed by atoms with Gasteiger partial charge >= 0.3 is 0 Å². The van der Waals surface area contributed by atoms with Crippen LogP contribution in [-0.2, 0) is 4.79 Å². The summed E-state index contributed by atoms with van der Waals surface area (Å²) in [6.07, 6.45) is 0. The second-order valence-corrected chi connectivity index (χ2v) is 6.19. The number of rotatable bonds is 3. The van der Waals surface area contributed by atoms with E-state index in [0.29, 0.717) is 5.92 Å². The van der Waals surface area contributed by atoms with Gasteiger partial charge in [0.2, 0.25) is 5.91 Å². The molecule has 0 spiro atoms. The van der Waals surface area contributed by atoms with Gasteiger partial charge in [0.25, 0.3) is 0 Å². The number of hydrogen-bond acceptors (Lipinski definition) is 2. The minimum Gasteiger partial charge on any atom is -0.285 e. The highest BCUT2D eigenvalue weighted by Crippen LogP contribution is 2.19. The van der Waals surface area contributed by atoms with Crippen LogP contribution < -0.4 is 0 Å². The Morgan fingerprint density at radius 1 is 0.875 bits per heavy atom. The Bertz CT molecular complexity index is 749. The van der Waals surface area contributed by atoms with Crippen molar-refractivity contribution in [2.45, 2.75) is 39.7 Å². The Labute approximate surface area is 143 Å². The first-order valence-corrected chi connectivity index (χ1v) is 8.09. The molecule has 0 aliphatic rings. The van der Waals surface area contributed by atoms with Gasteiger partial charge in [-0.3, -0.25) is 10.0 Å². The Morgan fingerprint density at radius 2 is 1.29 bits per heavy atom. The minimum absolute atomic E-state index is 0.379. The maximum atomic E-state index is 11.2. The van der Waals surface area contributed by atoms with E-state index >= 15 is 0 Å². The Morgan fingerprint density at radius 3 is 1.67 bits per heavy atom. The van der Waals surface area contributed by atoms with E-state index in [-0.39, 0.29) is 11.9 Å². The summed E-state index contributed by atoms with van der Waals surface area (Å²) in [6, 6.07) is 15.5. The van der Waals surface area contributed by atoms with Gasteiger partial charge in [-0.25, -0.2) is 5.06 Å². The molecule has 3 heteroatoms. The molecule has 124 valence electrons. The van der Waals surface area contributed by atoms with Gasteiger partial charge < -0.3 is 0 Å². The van der Waals surface area contributed by atoms with Gasteiger partial charge in [-0.05, 0) is 48.2 Å². The van der Waals surface area contributed by atoms with E-state index in [1.165, 1.54) is 12.5 Å². The van der Waals surface area contributed by atoms with Crippen molar-refractivity contribution in [3.05, 3.63) is 70.8 Å². The summed E-state index contributed by atoms with van der Waals surface area (Å²) in [5, 5.41) is 10.4. The monoisotopic (exact) mass is 321 g/mol. The van der Waals surface area contributed by atoms with Crippen molar-refractivity contribution in [2.24, 2.45) is 0 Å². The van der Waals surface area contributed by atoms with E-state index < -0.39 is 0 Å². The average molecular weight is 321 g/mol. The number of carbonyl (C=O) groups excluding carboxylic acids is 1. The molecular weight excluding hydrogens is 298 g/mol. The zero-order chi connectivity index (χ0) is 17.7. The predicted octanol–water partition coefficient (Wildman–Crippen LogP) is 4.51. The van der Waals surface area contributed by atoms with Crippen LogP contribution in [0.3, 0.4) is 0 Å². The SMILES string of the molecule is CC(=O)N(O)C(C)c1ccc(C#Cc2ccc(C(C)C)cc2)cc1. The Kier molecular flexibility index (Phi) is 5.78. The normalized spacial score (nSPS) is 11.6. The lowest BCUT2D eigenvalue weighted by Gasteiger charge is -2.21. The maximum absolute atomic E-state index is 11.2. The van der Waals surface area contributed by atoms with Crippen molar-refractivity contribution in [2.75, 3.05) is 0 Å². The summed E-state index contributed by atoms with van der Waals surface area (Å²) in [4.78, 5) is 11.2. The lowest BCUT2D eigenvalue weighted by atomic mass is 10.0. The maximum Gasteiger partial charge on any atom is 0.243 e. The molecule has 1 atom stereocenters. The van der Waals surface area contributed by atoms with Gasteiger partial charge in [-0.2, -0.15) is 0 Å². The van der Waals surface area contributed by atoms with E-state index in [1.807, 2.05) is 36.4 Å². The third kappa shape index (κ3) is 4.47. The molecule has 0 heterocycles. The highest BCUT2D eigenvalue weighted by Gasteiger charge is 2.15. The summed E-state index contributed by atoms with van der Waals surface area (Å²) in [6.45, 7) is 7.45. The third-order valence-electron chi connectivity index (χ3n) is 4.01. The largest absolute Gasteiger partial charge is 0.285 e. The number of benzene rings is 2. The summed E-state index contributed by atoms with van der Waals surface area (Å²) in [5.74, 6) is 6.43. The molecule has 0 saturated carbocycles. The number of hydroxylamine groups is 2. The molecule has 1 N–H and O–H groups in total. The molecular formula is C21H23NO2. The van der Waals surface area contributed by atoms with Crippen molar-refractivity contribution in [1.29, 1.82) is 0 Å². The average Bonchev–Trinajstić information content (AvgIpc) is 2.59. The van der Waals surface area contributed by atoms with Crippen molar-refractivity contribution < 1.29 is 10.0 Å². The van der Waals surface area contributed by atoms with Crippen LogP contribution in [0.25, 0.3) is 0 Å². The van der Waals surface area contributed by atoms with Gasteiger partial charge in [0.05, 0.1) is 6.04 Å². The van der Waals surface area contributed by atoms with Crippen LogP contribution in [0.4, 0.5) is 0 Å². The zero-order valence-electron chi connectivity index (χ0n) is 14.6. The van der Waals surface area contributed by atoms with Crippen LogP contribution in [0.15, 0.2) is 48.5 Å². The Balaban J connectivity index is 2.11. The van der Waals surface area contributed by atoms with Crippen molar-refractivity contribution in [3.8, 4) is 11.8 Å². The molecule has 2 rings (SSSR count). The van der Waals surface area contributed by atoms with Gasteiger partial charge in [0, 0.05) is 18.1 Å². The Hall–Kier alpha value is -2.57. The first-order valence-electron chi connectivity index (χ1n) is 8.09. The van der Waals surface area contributed by atoms with E-state index in [9.17, 15) is 10.0 Å². The van der Waals surface area contributed by atoms with Crippen LogP contribution in [0.2, 0.25) is 0 Å². The lowest BCUT2D eigenvalue weighted by molar-refractivity contribution is -0.172. The molecule has 0 fully saturated rings. The van der Waals surface area contributed by atoms with Gasteiger partial charge in [-0.1, -0.05) is 50.0 Å². The van der Waals surface area contributed by atoms with Gasteiger partial charge in [0.15, 0.2) is 0 Å². The highest BCUT2D eigenvalue weighted by molar-refractivity contribution is 5.72. The third-order valence-corrected chi connectivity index (χ3v) is 4.01. The molecule has 24 heavy (non-hydrogen) atoms. The summed E-state index contributed by atoms with van der Waals surface area (Å²) >= 11 is 0. The fraction of sp³-hybridized carbons (Fsp3) is 0.286. The molecule has 0 saturated heterocycles. The van der Waals surface area contributed by atoms with Crippen LogP contribution in [0.5, 0.6) is 0 Å². The van der Waals surface area contributed by atoms with E-state index in [4.69, 9.17) is 0 Å². The molecule has 2 aromatic rings. The standard InChI is InChI=1S/C21H23NO2/c1-15(2)20-11-7-18(8-12-20)5-6-19-9-13-21(14-10-19)16(3)22(24)17(4)23/h7-16,24H,1-4H3. The van der Waals surface area contributed by atoms with E-state index in [2.05, 4.69) is 37.8 Å². The molecule has 0 aliphatic carbocycles. The molecule has 3 nitrogen and oxygen atoms in total. The highest BCUT2D eigenvalue weighted by atomic mass is 16.5. The van der Waals surface area contributed by atoms with Crippen molar-refractivity contribution in [1.82, 2.24) is 5.06 Å². The van der Waals surface area contributed by atoms with Crippen molar-refractivity contribution in [3.63, 3.8) is 0 Å². The molecule has 1 unspecified atom stereocenters. The summed E-state index contributed by atoms with van der Waals surface area (Å²) < 4.78 is 0. The molecule has 0 aromatic heterocycles. The molecule has 0 aliphatic heterocycles. The number of amides is 1. The molecule has 1 amide bonds. The van der Waals surface area contributed by atoms with Crippen LogP contribution in [0, 0.1) is 11.8 Å².